The van der Waals surface area contributed by atoms with Crippen molar-refractivity contribution in [2.45, 2.75) is 20.0 Å². The van der Waals surface area contributed by atoms with Crippen LogP contribution < -0.4 is 10.4 Å². The summed E-state index contributed by atoms with van der Waals surface area (Å²) in [4.78, 5) is 27.6. The normalized spacial score (nSPS) is 10.7. The molecule has 1 amide bonds. The fraction of sp³-hybridized carbons (Fsp3) is 0.154. The lowest BCUT2D eigenvalue weighted by Crippen LogP contribution is -2.31. The van der Waals surface area contributed by atoms with Gasteiger partial charge in [0.15, 0.2) is 0 Å². The van der Waals surface area contributed by atoms with Crippen LogP contribution in [-0.4, -0.2) is 17.4 Å². The summed E-state index contributed by atoms with van der Waals surface area (Å²) in [7, 11) is 0. The molecule has 0 saturated carbocycles. The maximum atomic E-state index is 13.6. The summed E-state index contributed by atoms with van der Waals surface area (Å²) in [6.45, 7) is 3.22. The molecule has 4 aromatic rings. The van der Waals surface area contributed by atoms with E-state index in [1.165, 1.54) is 6.07 Å². The summed E-state index contributed by atoms with van der Waals surface area (Å²) in [6.07, 6.45) is 0. The zero-order valence-electron chi connectivity index (χ0n) is 17.3. The van der Waals surface area contributed by atoms with Crippen molar-refractivity contribution in [1.82, 2.24) is 4.90 Å². The molecule has 1 aromatic heterocycles. The summed E-state index contributed by atoms with van der Waals surface area (Å²) in [5.74, 6) is 0.364. The Morgan fingerprint density at radius 1 is 0.871 bits per heavy atom. The Labute approximate surface area is 180 Å². The third kappa shape index (κ3) is 4.83. The third-order valence-electron chi connectivity index (χ3n) is 4.98. The van der Waals surface area contributed by atoms with E-state index in [-0.39, 0.29) is 5.91 Å². The van der Waals surface area contributed by atoms with Gasteiger partial charge in [0, 0.05) is 30.6 Å². The van der Waals surface area contributed by atoms with Gasteiger partial charge in [-0.25, -0.2) is 4.79 Å². The van der Waals surface area contributed by atoms with Crippen LogP contribution in [0.15, 0.2) is 94.1 Å². The molecule has 0 saturated heterocycles. The van der Waals surface area contributed by atoms with Gasteiger partial charge < -0.3 is 14.1 Å². The molecule has 156 valence electrons. The number of rotatable bonds is 7. The van der Waals surface area contributed by atoms with Crippen LogP contribution in [0.2, 0.25) is 0 Å². The first-order chi connectivity index (χ1) is 15.1. The van der Waals surface area contributed by atoms with Crippen LogP contribution in [0.4, 0.5) is 0 Å². The van der Waals surface area contributed by atoms with Crippen LogP contribution in [-0.2, 0) is 13.1 Å². The van der Waals surface area contributed by atoms with E-state index >= 15 is 0 Å². The van der Waals surface area contributed by atoms with E-state index in [4.69, 9.17) is 9.15 Å². The lowest BCUT2D eigenvalue weighted by Gasteiger charge is -2.24. The van der Waals surface area contributed by atoms with Gasteiger partial charge in [0.1, 0.15) is 11.3 Å². The second-order valence-corrected chi connectivity index (χ2v) is 7.20. The van der Waals surface area contributed by atoms with E-state index < -0.39 is 5.63 Å². The van der Waals surface area contributed by atoms with Crippen LogP contribution in [0.1, 0.15) is 28.4 Å². The van der Waals surface area contributed by atoms with E-state index in [2.05, 4.69) is 0 Å². The summed E-state index contributed by atoms with van der Waals surface area (Å²) in [6, 6.07) is 26.1. The molecule has 0 fully saturated rings. The molecule has 3 aromatic carbocycles. The van der Waals surface area contributed by atoms with Gasteiger partial charge in [-0.2, -0.15) is 0 Å². The minimum atomic E-state index is -0.566. The SMILES string of the molecule is CCOc1ccc2c(C(=O)N(Cc3ccccc3)Cc3ccccc3)cc(=O)oc2c1. The Morgan fingerprint density at radius 2 is 1.48 bits per heavy atom. The predicted octanol–water partition coefficient (Wildman–Crippen LogP) is 5.03. The molecule has 0 bridgehead atoms. The lowest BCUT2D eigenvalue weighted by molar-refractivity contribution is 0.0731. The Balaban J connectivity index is 1.75. The first kappa shape index (κ1) is 20.4. The zero-order chi connectivity index (χ0) is 21.6. The standard InChI is InChI=1S/C26H23NO4/c1-2-30-21-13-14-22-23(16-25(28)31-24(22)15-21)26(29)27(17-19-9-5-3-6-10-19)18-20-11-7-4-8-12-20/h3-16H,2,17-18H2,1H3. The Kier molecular flexibility index (Phi) is 6.13. The molecule has 0 aliphatic heterocycles. The number of ether oxygens (including phenoxy) is 1. The Hall–Kier alpha value is -3.86. The average molecular weight is 413 g/mol. The number of benzene rings is 3. The molecule has 5 nitrogen and oxygen atoms in total. The van der Waals surface area contributed by atoms with E-state index in [9.17, 15) is 9.59 Å². The highest BCUT2D eigenvalue weighted by Gasteiger charge is 2.21. The van der Waals surface area contributed by atoms with Gasteiger partial charge in [0.05, 0.1) is 12.2 Å². The molecule has 0 N–H and O–H groups in total. The average Bonchev–Trinajstić information content (AvgIpc) is 2.79. The highest BCUT2D eigenvalue weighted by atomic mass is 16.5. The molecule has 0 aliphatic rings. The van der Waals surface area contributed by atoms with Crippen molar-refractivity contribution in [3.05, 3.63) is 112 Å². The number of fused-ring (bicyclic) bond motifs is 1. The van der Waals surface area contributed by atoms with E-state index in [1.807, 2.05) is 67.6 Å². The van der Waals surface area contributed by atoms with Gasteiger partial charge in [0.2, 0.25) is 0 Å². The van der Waals surface area contributed by atoms with Gasteiger partial charge >= 0.3 is 5.63 Å². The molecule has 1 heterocycles. The smallest absolute Gasteiger partial charge is 0.337 e. The number of carbonyl (C=O) groups is 1. The van der Waals surface area contributed by atoms with Gasteiger partial charge in [-0.05, 0) is 30.2 Å². The summed E-state index contributed by atoms with van der Waals surface area (Å²) in [5.41, 5.74) is 2.11. The maximum absolute atomic E-state index is 13.6. The minimum Gasteiger partial charge on any atom is -0.494 e. The highest BCUT2D eigenvalue weighted by Crippen LogP contribution is 2.25. The number of amides is 1. The second kappa shape index (κ2) is 9.30. The van der Waals surface area contributed by atoms with Gasteiger partial charge in [-0.15, -0.1) is 0 Å². The Bertz CT molecular complexity index is 1190. The van der Waals surface area contributed by atoms with Crippen molar-refractivity contribution in [2.75, 3.05) is 6.61 Å². The Morgan fingerprint density at radius 3 is 2.06 bits per heavy atom. The monoisotopic (exact) mass is 413 g/mol. The van der Waals surface area contributed by atoms with E-state index in [0.29, 0.717) is 42.0 Å². The van der Waals surface area contributed by atoms with Crippen LogP contribution >= 0.6 is 0 Å². The maximum Gasteiger partial charge on any atom is 0.337 e. The number of hydrogen-bond acceptors (Lipinski definition) is 4. The number of hydrogen-bond donors (Lipinski definition) is 0. The molecular weight excluding hydrogens is 390 g/mol. The molecule has 0 spiro atoms. The minimum absolute atomic E-state index is 0.227. The van der Waals surface area contributed by atoms with Crippen LogP contribution in [0.25, 0.3) is 11.0 Å². The van der Waals surface area contributed by atoms with Gasteiger partial charge in [0.25, 0.3) is 5.91 Å². The largest absolute Gasteiger partial charge is 0.494 e. The molecule has 0 aliphatic carbocycles. The fourth-order valence-corrected chi connectivity index (χ4v) is 3.55. The summed E-state index contributed by atoms with van der Waals surface area (Å²) in [5, 5.41) is 0.583. The fourth-order valence-electron chi connectivity index (χ4n) is 3.55. The first-order valence-corrected chi connectivity index (χ1v) is 10.2. The molecule has 0 radical (unpaired) electrons. The van der Waals surface area contributed by atoms with Crippen molar-refractivity contribution in [1.29, 1.82) is 0 Å². The van der Waals surface area contributed by atoms with Crippen LogP contribution in [0.5, 0.6) is 5.75 Å². The summed E-state index contributed by atoms with van der Waals surface area (Å²) < 4.78 is 10.9. The van der Waals surface area contributed by atoms with Crippen molar-refractivity contribution in [2.24, 2.45) is 0 Å². The first-order valence-electron chi connectivity index (χ1n) is 10.2. The van der Waals surface area contributed by atoms with E-state index in [0.717, 1.165) is 11.1 Å². The number of carbonyl (C=O) groups excluding carboxylic acids is 1. The molecule has 4 rings (SSSR count). The highest BCUT2D eigenvalue weighted by molar-refractivity contribution is 6.05. The molecule has 31 heavy (non-hydrogen) atoms. The predicted molar refractivity (Wildman–Crippen MR) is 120 cm³/mol. The van der Waals surface area contributed by atoms with Crippen molar-refractivity contribution in [3.63, 3.8) is 0 Å². The van der Waals surface area contributed by atoms with Crippen molar-refractivity contribution in [3.8, 4) is 5.75 Å². The zero-order valence-corrected chi connectivity index (χ0v) is 17.3. The molecule has 0 unspecified atom stereocenters. The van der Waals surface area contributed by atoms with E-state index in [1.54, 1.807) is 23.1 Å². The van der Waals surface area contributed by atoms with Crippen molar-refractivity contribution >= 4 is 16.9 Å². The molecule has 0 atom stereocenters. The lowest BCUT2D eigenvalue weighted by atomic mass is 10.1. The third-order valence-corrected chi connectivity index (χ3v) is 4.98. The van der Waals surface area contributed by atoms with Gasteiger partial charge in [-0.1, -0.05) is 60.7 Å². The topological polar surface area (TPSA) is 59.8 Å². The molecular formula is C26H23NO4. The van der Waals surface area contributed by atoms with Crippen molar-refractivity contribution < 1.29 is 13.9 Å². The second-order valence-electron chi connectivity index (χ2n) is 7.20. The quantitative estimate of drug-likeness (QED) is 0.399. The number of nitrogens with zero attached hydrogens (tertiary/aromatic N) is 1. The summed E-state index contributed by atoms with van der Waals surface area (Å²) >= 11 is 0. The van der Waals surface area contributed by atoms with Crippen LogP contribution in [0.3, 0.4) is 0 Å². The molecule has 5 heteroatoms. The van der Waals surface area contributed by atoms with Crippen LogP contribution in [0, 0.1) is 0 Å². The van der Waals surface area contributed by atoms with Gasteiger partial charge in [-0.3, -0.25) is 4.79 Å².